The molecule has 5 nitrogen and oxygen atoms in total. The van der Waals surface area contributed by atoms with Crippen molar-refractivity contribution >= 4 is 18.6 Å². The van der Waals surface area contributed by atoms with E-state index in [1.54, 1.807) is 0 Å². The number of aromatic nitrogens is 1. The first-order valence-corrected chi connectivity index (χ1v) is 4.53. The molecule has 0 aliphatic heterocycles. The Hall–Kier alpha value is -1.40. The lowest BCUT2D eigenvalue weighted by Gasteiger charge is -2.07. The van der Waals surface area contributed by atoms with Gasteiger partial charge in [0.2, 0.25) is 0 Å². The third kappa shape index (κ3) is 2.54. The van der Waals surface area contributed by atoms with Gasteiger partial charge >= 0.3 is 13.1 Å². The van der Waals surface area contributed by atoms with Gasteiger partial charge in [0.25, 0.3) is 0 Å². The number of aryl methyl sites for hydroxylation is 1. The molecule has 1 rings (SSSR count). The molecule has 0 radical (unpaired) electrons. The van der Waals surface area contributed by atoms with E-state index >= 15 is 0 Å². The van der Waals surface area contributed by atoms with Gasteiger partial charge in [-0.2, -0.15) is 0 Å². The average molecular weight is 209 g/mol. The van der Waals surface area contributed by atoms with E-state index in [0.717, 1.165) is 0 Å². The van der Waals surface area contributed by atoms with Crippen molar-refractivity contribution < 1.29 is 19.6 Å². The summed E-state index contributed by atoms with van der Waals surface area (Å²) in [5.74, 6) is -0.549. The molecular formula is C9H12BNO4. The molecule has 0 atom stereocenters. The van der Waals surface area contributed by atoms with Crippen LogP contribution in [0.5, 0.6) is 0 Å². The van der Waals surface area contributed by atoms with Gasteiger partial charge in [-0.3, -0.25) is 4.98 Å². The molecule has 80 valence electrons. The van der Waals surface area contributed by atoms with E-state index in [1.807, 2.05) is 6.92 Å². The molecule has 0 aliphatic rings. The summed E-state index contributed by atoms with van der Waals surface area (Å²) in [6, 6.07) is 1.38. The van der Waals surface area contributed by atoms with E-state index in [4.69, 9.17) is 10.0 Å². The first-order chi connectivity index (χ1) is 7.10. The van der Waals surface area contributed by atoms with Crippen LogP contribution in [0.2, 0.25) is 0 Å². The highest BCUT2D eigenvalue weighted by atomic mass is 16.5. The Morgan fingerprint density at radius 1 is 1.60 bits per heavy atom. The van der Waals surface area contributed by atoms with Gasteiger partial charge in [0.15, 0.2) is 0 Å². The number of hydrogen-bond acceptors (Lipinski definition) is 5. The number of rotatable bonds is 3. The third-order valence-corrected chi connectivity index (χ3v) is 2.04. The van der Waals surface area contributed by atoms with Crippen molar-refractivity contribution in [3.05, 3.63) is 23.5 Å². The van der Waals surface area contributed by atoms with E-state index in [2.05, 4.69) is 9.72 Å². The Morgan fingerprint density at radius 3 is 2.73 bits per heavy atom. The van der Waals surface area contributed by atoms with E-state index in [0.29, 0.717) is 12.1 Å². The summed E-state index contributed by atoms with van der Waals surface area (Å²) < 4.78 is 4.50. The van der Waals surface area contributed by atoms with Crippen LogP contribution in [0, 0.1) is 0 Å². The van der Waals surface area contributed by atoms with Crippen molar-refractivity contribution in [1.82, 2.24) is 4.98 Å². The van der Waals surface area contributed by atoms with Crippen molar-refractivity contribution in [3.8, 4) is 0 Å². The molecule has 0 aromatic carbocycles. The Labute approximate surface area is 87.9 Å². The van der Waals surface area contributed by atoms with Gasteiger partial charge in [-0.25, -0.2) is 4.79 Å². The SMILES string of the molecule is CCc1ncc(C(=O)OC)cc1B(O)O. The zero-order valence-corrected chi connectivity index (χ0v) is 8.60. The van der Waals surface area contributed by atoms with E-state index in [9.17, 15) is 4.79 Å². The number of esters is 1. The molecule has 0 fully saturated rings. The first-order valence-electron chi connectivity index (χ1n) is 4.53. The van der Waals surface area contributed by atoms with E-state index in [1.165, 1.54) is 19.4 Å². The average Bonchev–Trinajstić information content (AvgIpc) is 2.27. The Balaban J connectivity index is 3.16. The Morgan fingerprint density at radius 2 is 2.27 bits per heavy atom. The highest BCUT2D eigenvalue weighted by molar-refractivity contribution is 6.59. The third-order valence-electron chi connectivity index (χ3n) is 2.04. The number of carbonyl (C=O) groups excluding carboxylic acids is 1. The van der Waals surface area contributed by atoms with Crippen LogP contribution in [0.4, 0.5) is 0 Å². The molecule has 15 heavy (non-hydrogen) atoms. The molecule has 1 heterocycles. The highest BCUT2D eigenvalue weighted by Gasteiger charge is 2.19. The normalized spacial score (nSPS) is 9.87. The lowest BCUT2D eigenvalue weighted by atomic mass is 9.78. The lowest BCUT2D eigenvalue weighted by Crippen LogP contribution is -2.34. The first kappa shape index (κ1) is 11.7. The quantitative estimate of drug-likeness (QED) is 0.498. The minimum atomic E-state index is -1.63. The van der Waals surface area contributed by atoms with Crippen LogP contribution in [0.3, 0.4) is 0 Å². The smallest absolute Gasteiger partial charge is 0.465 e. The highest BCUT2D eigenvalue weighted by Crippen LogP contribution is 2.01. The van der Waals surface area contributed by atoms with Crippen molar-refractivity contribution in [1.29, 1.82) is 0 Å². The largest absolute Gasteiger partial charge is 0.490 e. The molecule has 0 unspecified atom stereocenters. The van der Waals surface area contributed by atoms with Crippen LogP contribution in [-0.2, 0) is 11.2 Å². The lowest BCUT2D eigenvalue weighted by molar-refractivity contribution is 0.0600. The zero-order chi connectivity index (χ0) is 11.4. The van der Waals surface area contributed by atoms with Gasteiger partial charge in [-0.1, -0.05) is 6.92 Å². The molecule has 0 bridgehead atoms. The van der Waals surface area contributed by atoms with Crippen LogP contribution in [0.25, 0.3) is 0 Å². The molecule has 2 N–H and O–H groups in total. The maximum Gasteiger partial charge on any atom is 0.490 e. The monoisotopic (exact) mass is 209 g/mol. The van der Waals surface area contributed by atoms with Crippen LogP contribution in [-0.4, -0.2) is 35.2 Å². The van der Waals surface area contributed by atoms with Crippen LogP contribution in [0.15, 0.2) is 12.3 Å². The second-order valence-corrected chi connectivity index (χ2v) is 2.98. The van der Waals surface area contributed by atoms with E-state index < -0.39 is 13.1 Å². The van der Waals surface area contributed by atoms with Gasteiger partial charge in [-0.05, 0) is 12.5 Å². The zero-order valence-electron chi connectivity index (χ0n) is 8.60. The fourth-order valence-electron chi connectivity index (χ4n) is 1.26. The number of carbonyl (C=O) groups is 1. The number of pyridine rings is 1. The summed E-state index contributed by atoms with van der Waals surface area (Å²) in [6.45, 7) is 1.84. The van der Waals surface area contributed by atoms with Gasteiger partial charge in [0.05, 0.1) is 12.7 Å². The van der Waals surface area contributed by atoms with Gasteiger partial charge in [-0.15, -0.1) is 0 Å². The molecule has 0 amide bonds. The summed E-state index contributed by atoms with van der Waals surface area (Å²) in [6.07, 6.45) is 1.92. The molecule has 1 aromatic heterocycles. The fourth-order valence-corrected chi connectivity index (χ4v) is 1.26. The van der Waals surface area contributed by atoms with Crippen LogP contribution >= 0.6 is 0 Å². The summed E-state index contributed by atoms with van der Waals surface area (Å²) in [5.41, 5.74) is 0.996. The van der Waals surface area contributed by atoms with Crippen molar-refractivity contribution in [2.75, 3.05) is 7.11 Å². The van der Waals surface area contributed by atoms with Crippen molar-refractivity contribution in [2.45, 2.75) is 13.3 Å². The molecule has 1 aromatic rings. The second-order valence-electron chi connectivity index (χ2n) is 2.98. The van der Waals surface area contributed by atoms with Gasteiger partial charge in [0.1, 0.15) is 0 Å². The summed E-state index contributed by atoms with van der Waals surface area (Å²) >= 11 is 0. The van der Waals surface area contributed by atoms with Crippen LogP contribution < -0.4 is 5.46 Å². The summed E-state index contributed by atoms with van der Waals surface area (Å²) in [7, 11) is -0.373. The number of ether oxygens (including phenoxy) is 1. The summed E-state index contributed by atoms with van der Waals surface area (Å²) in [5, 5.41) is 18.2. The molecular weight excluding hydrogens is 197 g/mol. The predicted molar refractivity (Wildman–Crippen MR) is 54.8 cm³/mol. The molecule has 6 heteroatoms. The molecule has 0 saturated carbocycles. The molecule has 0 saturated heterocycles. The predicted octanol–water partition coefficient (Wildman–Crippen LogP) is -0.890. The number of nitrogens with zero attached hydrogens (tertiary/aromatic N) is 1. The maximum atomic E-state index is 11.2. The fraction of sp³-hybridized carbons (Fsp3) is 0.333. The topological polar surface area (TPSA) is 79.7 Å². The molecule has 0 spiro atoms. The standard InChI is InChI=1S/C9H12BNO4/c1-3-8-7(10(13)14)4-6(5-11-8)9(12)15-2/h4-5,13-14H,3H2,1-2H3. The van der Waals surface area contributed by atoms with Crippen molar-refractivity contribution in [2.24, 2.45) is 0 Å². The minimum Gasteiger partial charge on any atom is -0.465 e. The van der Waals surface area contributed by atoms with Crippen LogP contribution in [0.1, 0.15) is 23.0 Å². The van der Waals surface area contributed by atoms with E-state index in [-0.39, 0.29) is 11.0 Å². The van der Waals surface area contributed by atoms with Gasteiger partial charge in [0, 0.05) is 17.4 Å². The second kappa shape index (κ2) is 4.90. The Bertz CT molecular complexity index is 367. The molecule has 0 aliphatic carbocycles. The Kier molecular flexibility index (Phi) is 3.82. The number of methoxy groups -OCH3 is 1. The van der Waals surface area contributed by atoms with Gasteiger partial charge < -0.3 is 14.8 Å². The van der Waals surface area contributed by atoms with Crippen molar-refractivity contribution in [3.63, 3.8) is 0 Å². The maximum absolute atomic E-state index is 11.2. The minimum absolute atomic E-state index is 0.206. The summed E-state index contributed by atoms with van der Waals surface area (Å²) in [4.78, 5) is 15.1. The number of hydrogen-bond donors (Lipinski definition) is 2.